The summed E-state index contributed by atoms with van der Waals surface area (Å²) < 4.78 is 1.66. The summed E-state index contributed by atoms with van der Waals surface area (Å²) in [5.74, 6) is 0.0686. The lowest BCUT2D eigenvalue weighted by molar-refractivity contribution is 0.0958. The van der Waals surface area contributed by atoms with E-state index in [9.17, 15) is 4.79 Å². The summed E-state index contributed by atoms with van der Waals surface area (Å²) in [7, 11) is 1.81. The summed E-state index contributed by atoms with van der Waals surface area (Å²) in [6, 6.07) is 8.64. The molecule has 0 bridgehead atoms. The number of carbonyl (C=O) groups is 1. The molecule has 0 aliphatic rings. The second-order valence-electron chi connectivity index (χ2n) is 5.34. The fourth-order valence-corrected chi connectivity index (χ4v) is 2.45. The molecule has 8 nitrogen and oxygen atoms in total. The number of nitriles is 1. The van der Waals surface area contributed by atoms with Gasteiger partial charge in [-0.3, -0.25) is 9.48 Å². The minimum atomic E-state index is -0.314. The molecule has 3 aromatic rings. The zero-order valence-electron chi connectivity index (χ0n) is 13.8. The number of halogens is 1. The monoisotopic (exact) mass is 367 g/mol. The van der Waals surface area contributed by atoms with Crippen molar-refractivity contribution in [3.05, 3.63) is 53.4 Å². The number of amides is 1. The molecular weight excluding hydrogens is 354 g/mol. The molecule has 2 heterocycles. The average molecular weight is 368 g/mol. The molecule has 130 valence electrons. The van der Waals surface area contributed by atoms with Gasteiger partial charge in [0.2, 0.25) is 5.95 Å². The van der Waals surface area contributed by atoms with Crippen LogP contribution < -0.4 is 10.6 Å². The van der Waals surface area contributed by atoms with Crippen LogP contribution in [0.1, 0.15) is 10.4 Å². The van der Waals surface area contributed by atoms with E-state index in [1.807, 2.05) is 13.1 Å². The van der Waals surface area contributed by atoms with Crippen LogP contribution >= 0.6 is 11.6 Å². The van der Waals surface area contributed by atoms with Crippen LogP contribution in [-0.4, -0.2) is 32.2 Å². The molecule has 1 amide bonds. The predicted molar refractivity (Wildman–Crippen MR) is 96.9 cm³/mol. The molecule has 9 heteroatoms. The number of nitrogens with one attached hydrogen (secondary N) is 2. The zero-order chi connectivity index (χ0) is 18.5. The van der Waals surface area contributed by atoms with Gasteiger partial charge in [0.25, 0.3) is 5.91 Å². The van der Waals surface area contributed by atoms with Crippen molar-refractivity contribution in [3.63, 3.8) is 0 Å². The van der Waals surface area contributed by atoms with E-state index in [1.165, 1.54) is 6.20 Å². The average Bonchev–Trinajstić information content (AvgIpc) is 3.06. The molecular formula is C17H14ClN7O. The summed E-state index contributed by atoms with van der Waals surface area (Å²) in [5, 5.41) is 18.5. The van der Waals surface area contributed by atoms with Crippen molar-refractivity contribution in [3.8, 4) is 17.3 Å². The maximum Gasteiger partial charge on any atom is 0.252 e. The Morgan fingerprint density at radius 2 is 2.08 bits per heavy atom. The fourth-order valence-electron chi connectivity index (χ4n) is 2.25. The van der Waals surface area contributed by atoms with E-state index in [0.29, 0.717) is 22.2 Å². The summed E-state index contributed by atoms with van der Waals surface area (Å²) in [4.78, 5) is 20.4. The molecule has 2 N–H and O–H groups in total. The Bertz CT molecular complexity index is 976. The lowest BCUT2D eigenvalue weighted by atomic mass is 10.1. The van der Waals surface area contributed by atoms with Crippen LogP contribution in [0.3, 0.4) is 0 Å². The van der Waals surface area contributed by atoms with E-state index >= 15 is 0 Å². The van der Waals surface area contributed by atoms with Gasteiger partial charge < -0.3 is 10.6 Å². The first-order valence-electron chi connectivity index (χ1n) is 7.60. The first-order chi connectivity index (χ1) is 12.6. The highest BCUT2D eigenvalue weighted by molar-refractivity contribution is 6.32. The Kier molecular flexibility index (Phi) is 5.10. The molecule has 0 radical (unpaired) electrons. The zero-order valence-corrected chi connectivity index (χ0v) is 14.5. The van der Waals surface area contributed by atoms with E-state index in [2.05, 4.69) is 25.7 Å². The van der Waals surface area contributed by atoms with Crippen molar-refractivity contribution in [2.45, 2.75) is 0 Å². The van der Waals surface area contributed by atoms with Crippen LogP contribution in [0.25, 0.3) is 11.3 Å². The smallest absolute Gasteiger partial charge is 0.252 e. The van der Waals surface area contributed by atoms with Gasteiger partial charge in [-0.1, -0.05) is 23.7 Å². The largest absolute Gasteiger partial charge is 0.339 e. The number of carbonyl (C=O) groups excluding carboxylic acids is 1. The fraction of sp³-hybridized carbons (Fsp3) is 0.118. The maximum atomic E-state index is 11.8. The molecule has 0 aliphatic heterocycles. The van der Waals surface area contributed by atoms with Crippen LogP contribution in [0.2, 0.25) is 5.02 Å². The number of rotatable bonds is 5. The van der Waals surface area contributed by atoms with Gasteiger partial charge in [0, 0.05) is 24.4 Å². The molecule has 2 aromatic heterocycles. The standard InChI is InChI=1S/C17H14ClN7O/c1-25-10-13(8-22-25)23-17-21-9-14(18)15(24-17)11-2-4-12(5-3-11)16(26)20-7-6-19/h2-5,8-10H,7H2,1H3,(H,20,26)(H,21,23,24). The van der Waals surface area contributed by atoms with Gasteiger partial charge in [-0.2, -0.15) is 10.4 Å². The number of aryl methyl sites for hydroxylation is 1. The molecule has 0 aliphatic carbocycles. The number of anilines is 2. The van der Waals surface area contributed by atoms with Crippen LogP contribution in [-0.2, 0) is 7.05 Å². The number of aromatic nitrogens is 4. The molecule has 0 saturated carbocycles. The summed E-state index contributed by atoms with van der Waals surface area (Å²) >= 11 is 6.22. The molecule has 0 saturated heterocycles. The Balaban J connectivity index is 1.83. The van der Waals surface area contributed by atoms with E-state index < -0.39 is 0 Å². The van der Waals surface area contributed by atoms with Crippen molar-refractivity contribution >= 4 is 29.1 Å². The van der Waals surface area contributed by atoms with Gasteiger partial charge in [0.1, 0.15) is 6.54 Å². The molecule has 0 atom stereocenters. The highest BCUT2D eigenvalue weighted by Crippen LogP contribution is 2.27. The lowest BCUT2D eigenvalue weighted by Crippen LogP contribution is -2.23. The summed E-state index contributed by atoms with van der Waals surface area (Å²) in [6.07, 6.45) is 4.97. The first kappa shape index (κ1) is 17.4. The SMILES string of the molecule is Cn1cc(Nc2ncc(Cl)c(-c3ccc(C(=O)NCC#N)cc3)n2)cn1. The number of hydrogen-bond acceptors (Lipinski definition) is 6. The first-order valence-corrected chi connectivity index (χ1v) is 7.98. The van der Waals surface area contributed by atoms with Crippen LogP contribution in [0.4, 0.5) is 11.6 Å². The van der Waals surface area contributed by atoms with E-state index in [4.69, 9.17) is 16.9 Å². The predicted octanol–water partition coefficient (Wildman–Crippen LogP) is 2.53. The number of nitrogens with zero attached hydrogens (tertiary/aromatic N) is 5. The van der Waals surface area contributed by atoms with Crippen molar-refractivity contribution in [1.29, 1.82) is 5.26 Å². The normalized spacial score (nSPS) is 10.2. The highest BCUT2D eigenvalue weighted by Gasteiger charge is 2.11. The maximum absolute atomic E-state index is 11.8. The molecule has 0 spiro atoms. The van der Waals surface area contributed by atoms with Gasteiger partial charge in [0.15, 0.2) is 0 Å². The third-order valence-electron chi connectivity index (χ3n) is 3.45. The quantitative estimate of drug-likeness (QED) is 0.671. The Hall–Kier alpha value is -3.44. The van der Waals surface area contributed by atoms with Crippen molar-refractivity contribution < 1.29 is 4.79 Å². The second kappa shape index (κ2) is 7.63. The van der Waals surface area contributed by atoms with Gasteiger partial charge >= 0.3 is 0 Å². The van der Waals surface area contributed by atoms with E-state index in [-0.39, 0.29) is 12.5 Å². The van der Waals surface area contributed by atoms with Crippen LogP contribution in [0, 0.1) is 11.3 Å². The third-order valence-corrected chi connectivity index (χ3v) is 3.73. The van der Waals surface area contributed by atoms with Crippen molar-refractivity contribution in [2.24, 2.45) is 7.05 Å². The topological polar surface area (TPSA) is 109 Å². The lowest BCUT2D eigenvalue weighted by Gasteiger charge is -2.08. The molecule has 0 unspecified atom stereocenters. The highest BCUT2D eigenvalue weighted by atomic mass is 35.5. The van der Waals surface area contributed by atoms with Crippen LogP contribution in [0.15, 0.2) is 42.9 Å². The van der Waals surface area contributed by atoms with Gasteiger partial charge in [-0.05, 0) is 12.1 Å². The minimum absolute atomic E-state index is 0.0400. The van der Waals surface area contributed by atoms with Crippen molar-refractivity contribution in [2.75, 3.05) is 11.9 Å². The summed E-state index contributed by atoms with van der Waals surface area (Å²) in [5.41, 5.74) is 2.48. The number of benzene rings is 1. The Morgan fingerprint density at radius 3 is 2.73 bits per heavy atom. The van der Waals surface area contributed by atoms with E-state index in [1.54, 1.807) is 41.3 Å². The Morgan fingerprint density at radius 1 is 1.31 bits per heavy atom. The van der Waals surface area contributed by atoms with Gasteiger partial charge in [0.05, 0.1) is 34.9 Å². The van der Waals surface area contributed by atoms with Crippen LogP contribution in [0.5, 0.6) is 0 Å². The van der Waals surface area contributed by atoms with E-state index in [0.717, 1.165) is 11.3 Å². The molecule has 0 fully saturated rings. The minimum Gasteiger partial charge on any atom is -0.339 e. The third kappa shape index (κ3) is 3.96. The van der Waals surface area contributed by atoms with Crippen molar-refractivity contribution in [1.82, 2.24) is 25.1 Å². The summed E-state index contributed by atoms with van der Waals surface area (Å²) in [6.45, 7) is -0.0400. The number of hydrogen-bond donors (Lipinski definition) is 2. The molecule has 26 heavy (non-hydrogen) atoms. The van der Waals surface area contributed by atoms with Gasteiger partial charge in [-0.25, -0.2) is 9.97 Å². The van der Waals surface area contributed by atoms with Gasteiger partial charge in [-0.15, -0.1) is 0 Å². The second-order valence-corrected chi connectivity index (χ2v) is 5.74. The molecule has 1 aromatic carbocycles. The Labute approximate surface area is 154 Å². The molecule has 3 rings (SSSR count).